The van der Waals surface area contributed by atoms with Crippen molar-refractivity contribution >= 4 is 7.37 Å². The molecule has 3 nitrogen and oxygen atoms in total. The zero-order valence-electron chi connectivity index (χ0n) is 7.50. The third-order valence-electron chi connectivity index (χ3n) is 1.37. The van der Waals surface area contributed by atoms with E-state index in [9.17, 15) is 4.57 Å². The van der Waals surface area contributed by atoms with Gasteiger partial charge in [-0.25, -0.2) is 0 Å². The highest BCUT2D eigenvalue weighted by atomic mass is 31.2. The monoisotopic (exact) mass is 180 g/mol. The summed E-state index contributed by atoms with van der Waals surface area (Å²) in [5.41, 5.74) is 0. The molecule has 0 fully saturated rings. The first-order valence-electron chi connectivity index (χ1n) is 3.91. The van der Waals surface area contributed by atoms with Crippen molar-refractivity contribution in [2.24, 2.45) is 0 Å². The van der Waals surface area contributed by atoms with Crippen LogP contribution in [0.4, 0.5) is 0 Å². The van der Waals surface area contributed by atoms with Crippen molar-refractivity contribution in [2.45, 2.75) is 13.8 Å². The summed E-state index contributed by atoms with van der Waals surface area (Å²) in [4.78, 5) is 0. The van der Waals surface area contributed by atoms with E-state index >= 15 is 0 Å². The Bertz CT molecular complexity index is 136. The van der Waals surface area contributed by atoms with E-state index in [1.54, 1.807) is 6.66 Å². The molecule has 0 aromatic carbocycles. The maximum Gasteiger partial charge on any atom is 0.199 e. The lowest BCUT2D eigenvalue weighted by molar-refractivity contribution is 0.111. The van der Waals surface area contributed by atoms with Crippen LogP contribution in [0.25, 0.3) is 0 Å². The molecule has 1 unspecified atom stereocenters. The fourth-order valence-corrected chi connectivity index (χ4v) is 1.17. The molecule has 4 heteroatoms. The van der Waals surface area contributed by atoms with Gasteiger partial charge in [-0.05, 0) is 6.92 Å². The van der Waals surface area contributed by atoms with E-state index in [1.165, 1.54) is 0 Å². The summed E-state index contributed by atoms with van der Waals surface area (Å²) in [7, 11) is -2.29. The first kappa shape index (κ1) is 11.2. The van der Waals surface area contributed by atoms with Crippen LogP contribution in [0.15, 0.2) is 0 Å². The van der Waals surface area contributed by atoms with Crippen molar-refractivity contribution in [3.8, 4) is 0 Å². The molecule has 68 valence electrons. The molecule has 0 aromatic heterocycles. The van der Waals surface area contributed by atoms with Gasteiger partial charge in [0.2, 0.25) is 0 Å². The fourth-order valence-electron chi connectivity index (χ4n) is 0.525. The molecule has 0 aliphatic carbocycles. The van der Waals surface area contributed by atoms with Crippen molar-refractivity contribution in [1.82, 2.24) is 0 Å². The predicted molar refractivity (Wildman–Crippen MR) is 46.5 cm³/mol. The first-order chi connectivity index (χ1) is 5.12. The van der Waals surface area contributed by atoms with Gasteiger partial charge in [0.15, 0.2) is 7.37 Å². The zero-order valence-corrected chi connectivity index (χ0v) is 8.39. The van der Waals surface area contributed by atoms with Crippen molar-refractivity contribution in [3.05, 3.63) is 0 Å². The van der Waals surface area contributed by atoms with Crippen LogP contribution in [-0.2, 0) is 13.8 Å². The van der Waals surface area contributed by atoms with Gasteiger partial charge in [-0.1, -0.05) is 6.92 Å². The van der Waals surface area contributed by atoms with Gasteiger partial charge in [0.25, 0.3) is 0 Å². The smallest absolute Gasteiger partial charge is 0.199 e. The predicted octanol–water partition coefficient (Wildman–Crippen LogP) is 1.97. The lowest BCUT2D eigenvalue weighted by atomic mass is 10.8. The van der Waals surface area contributed by atoms with Crippen LogP contribution in [0, 0.1) is 0 Å². The minimum atomic E-state index is -2.29. The zero-order chi connectivity index (χ0) is 8.74. The second kappa shape index (κ2) is 5.76. The van der Waals surface area contributed by atoms with Gasteiger partial charge in [-0.3, -0.25) is 4.57 Å². The Labute approximate surface area is 68.5 Å². The van der Waals surface area contributed by atoms with E-state index in [-0.39, 0.29) is 0 Å². The van der Waals surface area contributed by atoms with E-state index in [4.69, 9.17) is 9.26 Å². The fraction of sp³-hybridized carbons (Fsp3) is 1.00. The second-order valence-electron chi connectivity index (χ2n) is 2.36. The number of rotatable bonds is 6. The van der Waals surface area contributed by atoms with Gasteiger partial charge in [0.05, 0.1) is 13.2 Å². The first-order valence-corrected chi connectivity index (χ1v) is 6.17. The molecule has 0 rings (SSSR count). The Balaban J connectivity index is 3.31. The van der Waals surface area contributed by atoms with Gasteiger partial charge >= 0.3 is 0 Å². The number of hydrogen-bond acceptors (Lipinski definition) is 3. The number of hydrogen-bond donors (Lipinski definition) is 0. The summed E-state index contributed by atoms with van der Waals surface area (Å²) < 4.78 is 21.4. The molecular formula is C7H17O3P. The van der Waals surface area contributed by atoms with Gasteiger partial charge < -0.3 is 9.26 Å². The Kier molecular flexibility index (Phi) is 5.83. The molecule has 1 atom stereocenters. The van der Waals surface area contributed by atoms with Crippen molar-refractivity contribution < 1.29 is 13.8 Å². The summed E-state index contributed by atoms with van der Waals surface area (Å²) >= 11 is 0. The minimum absolute atomic E-state index is 0.440. The van der Waals surface area contributed by atoms with Gasteiger partial charge in [-0.15, -0.1) is 0 Å². The molecule has 0 aliphatic rings. The SMILES string of the molecule is CCOCCOP(C)(=O)CC. The lowest BCUT2D eigenvalue weighted by Crippen LogP contribution is -2.02. The van der Waals surface area contributed by atoms with Crippen molar-refractivity contribution in [3.63, 3.8) is 0 Å². The summed E-state index contributed by atoms with van der Waals surface area (Å²) in [6.45, 7) is 7.10. The quantitative estimate of drug-likeness (QED) is 0.463. The molecule has 0 saturated carbocycles. The van der Waals surface area contributed by atoms with Gasteiger partial charge in [-0.2, -0.15) is 0 Å². The normalized spacial score (nSPS) is 16.3. The molecule has 0 heterocycles. The molecule has 11 heavy (non-hydrogen) atoms. The lowest BCUT2D eigenvalue weighted by Gasteiger charge is -2.10. The highest BCUT2D eigenvalue weighted by molar-refractivity contribution is 7.58. The van der Waals surface area contributed by atoms with Crippen LogP contribution in [0.1, 0.15) is 13.8 Å². The minimum Gasteiger partial charge on any atom is -0.379 e. The van der Waals surface area contributed by atoms with Gasteiger partial charge in [0.1, 0.15) is 0 Å². The van der Waals surface area contributed by atoms with Crippen LogP contribution in [0.2, 0.25) is 0 Å². The molecule has 0 bridgehead atoms. The Morgan fingerprint density at radius 2 is 1.91 bits per heavy atom. The van der Waals surface area contributed by atoms with Crippen LogP contribution < -0.4 is 0 Å². The van der Waals surface area contributed by atoms with E-state index in [2.05, 4.69) is 0 Å². The summed E-state index contributed by atoms with van der Waals surface area (Å²) in [5, 5.41) is 0. The average molecular weight is 180 g/mol. The summed E-state index contributed by atoms with van der Waals surface area (Å²) in [6, 6.07) is 0. The topological polar surface area (TPSA) is 35.5 Å². The molecule has 0 saturated heterocycles. The summed E-state index contributed by atoms with van der Waals surface area (Å²) in [6.07, 6.45) is 0.596. The molecule has 0 spiro atoms. The third-order valence-corrected chi connectivity index (χ3v) is 3.25. The number of ether oxygens (including phenoxy) is 1. The van der Waals surface area contributed by atoms with Crippen LogP contribution >= 0.6 is 7.37 Å². The van der Waals surface area contributed by atoms with Crippen LogP contribution in [-0.4, -0.2) is 32.6 Å². The molecule has 0 radical (unpaired) electrons. The standard InChI is InChI=1S/C7H17O3P/c1-4-9-6-7-10-11(3,8)5-2/h4-7H2,1-3H3. The third kappa shape index (κ3) is 6.54. The van der Waals surface area contributed by atoms with Crippen molar-refractivity contribution in [1.29, 1.82) is 0 Å². The Hall–Kier alpha value is 0.150. The molecular weight excluding hydrogens is 163 g/mol. The highest BCUT2D eigenvalue weighted by Gasteiger charge is 2.10. The molecule has 0 aliphatic heterocycles. The van der Waals surface area contributed by atoms with Crippen LogP contribution in [0.3, 0.4) is 0 Å². The molecule has 0 aromatic rings. The van der Waals surface area contributed by atoms with Crippen molar-refractivity contribution in [2.75, 3.05) is 32.6 Å². The largest absolute Gasteiger partial charge is 0.379 e. The second-order valence-corrected chi connectivity index (χ2v) is 5.28. The van der Waals surface area contributed by atoms with E-state index in [1.807, 2.05) is 13.8 Å². The van der Waals surface area contributed by atoms with Gasteiger partial charge in [0, 0.05) is 19.4 Å². The maximum atomic E-state index is 11.3. The Morgan fingerprint density at radius 1 is 1.27 bits per heavy atom. The Morgan fingerprint density at radius 3 is 2.36 bits per heavy atom. The van der Waals surface area contributed by atoms with E-state index < -0.39 is 7.37 Å². The maximum absolute atomic E-state index is 11.3. The van der Waals surface area contributed by atoms with Crippen LogP contribution in [0.5, 0.6) is 0 Å². The summed E-state index contributed by atoms with van der Waals surface area (Å²) in [5.74, 6) is 0. The molecule has 0 amide bonds. The van der Waals surface area contributed by atoms with E-state index in [0.29, 0.717) is 26.0 Å². The molecule has 0 N–H and O–H groups in total. The highest BCUT2D eigenvalue weighted by Crippen LogP contribution is 2.41. The van der Waals surface area contributed by atoms with E-state index in [0.717, 1.165) is 0 Å². The average Bonchev–Trinajstić information content (AvgIpc) is 1.99.